The van der Waals surface area contributed by atoms with E-state index in [-0.39, 0.29) is 18.4 Å². The summed E-state index contributed by atoms with van der Waals surface area (Å²) in [6.45, 7) is 0.237. The van der Waals surface area contributed by atoms with Crippen LogP contribution in [0.3, 0.4) is 0 Å². The van der Waals surface area contributed by atoms with Crippen molar-refractivity contribution in [2.24, 2.45) is 0 Å². The van der Waals surface area contributed by atoms with Crippen LogP contribution >= 0.6 is 15.9 Å². The van der Waals surface area contributed by atoms with Crippen molar-refractivity contribution < 1.29 is 9.59 Å². The monoisotopic (exact) mass is 305 g/mol. The third-order valence-electron chi connectivity index (χ3n) is 2.83. The first-order valence-electron chi connectivity index (χ1n) is 5.30. The van der Waals surface area contributed by atoms with Crippen LogP contribution in [-0.4, -0.2) is 26.9 Å². The van der Waals surface area contributed by atoms with Crippen LogP contribution in [0.2, 0.25) is 0 Å². The second kappa shape index (κ2) is 4.06. The molecule has 0 radical (unpaired) electrons. The van der Waals surface area contributed by atoms with Crippen LogP contribution in [0.25, 0.3) is 0 Å². The Morgan fingerprint density at radius 1 is 1.22 bits per heavy atom. The Morgan fingerprint density at radius 3 is 2.72 bits per heavy atom. The van der Waals surface area contributed by atoms with Crippen molar-refractivity contribution in [2.75, 3.05) is 0 Å². The number of rotatable bonds is 2. The van der Waals surface area contributed by atoms with Crippen molar-refractivity contribution in [1.82, 2.24) is 15.1 Å². The molecule has 0 saturated heterocycles. The van der Waals surface area contributed by atoms with Gasteiger partial charge in [-0.25, -0.2) is 0 Å². The summed E-state index contributed by atoms with van der Waals surface area (Å²) in [5.74, 6) is -0.527. The molecule has 0 spiro atoms. The number of imide groups is 1. The number of hydrogen-bond donors (Lipinski definition) is 1. The molecule has 90 valence electrons. The molecule has 1 N–H and O–H groups in total. The molecule has 0 atom stereocenters. The summed E-state index contributed by atoms with van der Waals surface area (Å²) in [5.41, 5.74) is 1.69. The highest BCUT2D eigenvalue weighted by molar-refractivity contribution is 9.10. The van der Waals surface area contributed by atoms with E-state index in [0.29, 0.717) is 11.1 Å². The fourth-order valence-electron chi connectivity index (χ4n) is 1.95. The normalized spacial score (nSPS) is 14.2. The molecule has 0 bridgehead atoms. The fourth-order valence-corrected chi connectivity index (χ4v) is 2.31. The predicted molar refractivity (Wildman–Crippen MR) is 66.9 cm³/mol. The second-order valence-electron chi connectivity index (χ2n) is 3.99. The van der Waals surface area contributed by atoms with Gasteiger partial charge in [0.25, 0.3) is 11.8 Å². The topological polar surface area (TPSA) is 66.1 Å². The fraction of sp³-hybridized carbons (Fsp3) is 0.0833. The molecule has 18 heavy (non-hydrogen) atoms. The van der Waals surface area contributed by atoms with Crippen molar-refractivity contribution in [3.05, 3.63) is 51.8 Å². The first kappa shape index (κ1) is 11.2. The van der Waals surface area contributed by atoms with Crippen LogP contribution in [0.15, 0.2) is 35.1 Å². The number of halogens is 1. The minimum Gasteiger partial charge on any atom is -0.285 e. The smallest absolute Gasteiger partial charge is 0.261 e. The van der Waals surface area contributed by atoms with Gasteiger partial charge in [0.2, 0.25) is 0 Å². The Labute approximate surface area is 111 Å². The minimum absolute atomic E-state index is 0.237. The van der Waals surface area contributed by atoms with Gasteiger partial charge < -0.3 is 0 Å². The summed E-state index contributed by atoms with van der Waals surface area (Å²) in [5, 5.41) is 6.45. The molecular formula is C12H8BrN3O2. The van der Waals surface area contributed by atoms with E-state index in [1.165, 1.54) is 4.90 Å². The first-order valence-corrected chi connectivity index (χ1v) is 6.09. The molecule has 0 fully saturated rings. The number of nitrogens with zero attached hydrogens (tertiary/aromatic N) is 2. The maximum Gasteiger partial charge on any atom is 0.261 e. The summed E-state index contributed by atoms with van der Waals surface area (Å²) < 4.78 is 0.785. The highest BCUT2D eigenvalue weighted by Crippen LogP contribution is 2.26. The lowest BCUT2D eigenvalue weighted by molar-refractivity contribution is 0.0642. The van der Waals surface area contributed by atoms with Gasteiger partial charge in [0.05, 0.1) is 23.9 Å². The number of aromatic nitrogens is 2. The minimum atomic E-state index is -0.266. The molecule has 3 rings (SSSR count). The zero-order chi connectivity index (χ0) is 12.7. The Kier molecular flexibility index (Phi) is 2.52. The molecule has 1 aromatic carbocycles. The molecular weight excluding hydrogens is 298 g/mol. The summed E-state index contributed by atoms with van der Waals surface area (Å²) in [6.07, 6.45) is 3.26. The molecule has 0 aliphatic carbocycles. The summed E-state index contributed by atoms with van der Waals surface area (Å²) in [7, 11) is 0. The van der Waals surface area contributed by atoms with Gasteiger partial charge >= 0.3 is 0 Å². The van der Waals surface area contributed by atoms with Gasteiger partial charge in [-0.3, -0.25) is 19.6 Å². The zero-order valence-electron chi connectivity index (χ0n) is 9.18. The van der Waals surface area contributed by atoms with E-state index in [2.05, 4.69) is 26.1 Å². The number of carbonyl (C=O) groups is 2. The van der Waals surface area contributed by atoms with Crippen molar-refractivity contribution in [2.45, 2.75) is 6.54 Å². The van der Waals surface area contributed by atoms with Crippen LogP contribution in [0.1, 0.15) is 26.3 Å². The zero-order valence-corrected chi connectivity index (χ0v) is 10.8. The number of benzene rings is 1. The maximum absolute atomic E-state index is 12.1. The molecule has 0 unspecified atom stereocenters. The Morgan fingerprint density at radius 2 is 2.00 bits per heavy atom. The number of nitrogens with one attached hydrogen (secondary N) is 1. The van der Waals surface area contributed by atoms with Gasteiger partial charge in [0, 0.05) is 16.2 Å². The van der Waals surface area contributed by atoms with E-state index < -0.39 is 0 Å². The van der Waals surface area contributed by atoms with Crippen LogP contribution in [0.5, 0.6) is 0 Å². The number of fused-ring (bicyclic) bond motifs is 1. The van der Waals surface area contributed by atoms with Crippen LogP contribution in [0, 0.1) is 0 Å². The molecule has 1 aliphatic rings. The van der Waals surface area contributed by atoms with Gasteiger partial charge in [0.1, 0.15) is 0 Å². The first-order chi connectivity index (χ1) is 8.66. The van der Waals surface area contributed by atoms with Crippen molar-refractivity contribution in [3.63, 3.8) is 0 Å². The lowest BCUT2D eigenvalue weighted by Gasteiger charge is -2.11. The van der Waals surface area contributed by atoms with E-state index >= 15 is 0 Å². The number of H-pyrrole nitrogens is 1. The predicted octanol–water partition coefficient (Wildman–Crippen LogP) is 1.97. The maximum atomic E-state index is 12.1. The van der Waals surface area contributed by atoms with Crippen molar-refractivity contribution in [3.8, 4) is 0 Å². The third-order valence-corrected chi connectivity index (χ3v) is 3.32. The molecule has 2 aromatic rings. The number of hydrogen-bond acceptors (Lipinski definition) is 3. The average Bonchev–Trinajstić information content (AvgIpc) is 2.93. The van der Waals surface area contributed by atoms with Gasteiger partial charge in [-0.1, -0.05) is 15.9 Å². The summed E-state index contributed by atoms with van der Waals surface area (Å²) in [6, 6.07) is 5.09. The summed E-state index contributed by atoms with van der Waals surface area (Å²) in [4.78, 5) is 25.5. The molecule has 0 saturated carbocycles. The Balaban J connectivity index is 1.97. The lowest BCUT2D eigenvalue weighted by atomic mass is 10.1. The largest absolute Gasteiger partial charge is 0.285 e. The third kappa shape index (κ3) is 1.65. The van der Waals surface area contributed by atoms with Crippen molar-refractivity contribution in [1.29, 1.82) is 0 Å². The molecule has 1 aliphatic heterocycles. The highest BCUT2D eigenvalue weighted by atomic mass is 79.9. The van der Waals surface area contributed by atoms with E-state index in [9.17, 15) is 9.59 Å². The molecule has 6 heteroatoms. The number of aromatic amines is 1. The standard InChI is InChI=1S/C12H8BrN3O2/c13-8-1-2-9-10(3-8)12(18)16(11(9)17)6-7-4-14-15-5-7/h1-5H,6H2,(H,14,15). The van der Waals surface area contributed by atoms with Crippen molar-refractivity contribution >= 4 is 27.7 Å². The van der Waals surface area contributed by atoms with E-state index in [1.54, 1.807) is 30.6 Å². The van der Waals surface area contributed by atoms with Gasteiger partial charge in [-0.15, -0.1) is 0 Å². The second-order valence-corrected chi connectivity index (χ2v) is 4.91. The lowest BCUT2D eigenvalue weighted by Crippen LogP contribution is -2.28. The van der Waals surface area contributed by atoms with E-state index in [1.807, 2.05) is 0 Å². The molecule has 2 amide bonds. The van der Waals surface area contributed by atoms with E-state index in [4.69, 9.17) is 0 Å². The quantitative estimate of drug-likeness (QED) is 0.863. The van der Waals surface area contributed by atoms with Crippen LogP contribution < -0.4 is 0 Å². The van der Waals surface area contributed by atoms with Gasteiger partial charge in [0.15, 0.2) is 0 Å². The van der Waals surface area contributed by atoms with Crippen LogP contribution in [0.4, 0.5) is 0 Å². The van der Waals surface area contributed by atoms with Gasteiger partial charge in [-0.2, -0.15) is 5.10 Å². The molecule has 1 aromatic heterocycles. The summed E-state index contributed by atoms with van der Waals surface area (Å²) >= 11 is 3.30. The van der Waals surface area contributed by atoms with Gasteiger partial charge in [-0.05, 0) is 18.2 Å². The Hall–Kier alpha value is -1.95. The Bertz CT molecular complexity index is 637. The molecule has 5 nitrogen and oxygen atoms in total. The van der Waals surface area contributed by atoms with E-state index in [0.717, 1.165) is 10.0 Å². The van der Waals surface area contributed by atoms with Crippen LogP contribution in [-0.2, 0) is 6.54 Å². The average molecular weight is 306 g/mol. The number of amides is 2. The SMILES string of the molecule is O=C1c2ccc(Br)cc2C(=O)N1Cc1cn[nH]c1. The molecule has 2 heterocycles. The highest BCUT2D eigenvalue weighted by Gasteiger charge is 2.35. The number of carbonyl (C=O) groups excluding carboxylic acids is 2.